The van der Waals surface area contributed by atoms with E-state index in [2.05, 4.69) is 15.6 Å². The molecule has 0 aliphatic heterocycles. The Balaban J connectivity index is 1.13. The standard InChI is InChI=1S/C32H25N5O2S/c33-28-16-13-24(31-10-5-17-40-31)19-29(28)34-32(38)25-7-4-6-23(18-25)30-21-37(36-35-30)20-22-11-14-27(15-12-22)39-26-8-2-1-3-9-26/h1-19,21H,20,33H2,(H,34,38). The predicted molar refractivity (Wildman–Crippen MR) is 160 cm³/mol. The van der Waals surface area contributed by atoms with Crippen molar-refractivity contribution in [2.24, 2.45) is 0 Å². The van der Waals surface area contributed by atoms with Crippen LogP contribution in [0.4, 0.5) is 11.4 Å². The number of nitrogen functional groups attached to an aromatic ring is 1. The van der Waals surface area contributed by atoms with Crippen molar-refractivity contribution in [3.8, 4) is 33.2 Å². The van der Waals surface area contributed by atoms with Crippen LogP contribution in [0.25, 0.3) is 21.7 Å². The Morgan fingerprint density at radius 1 is 0.850 bits per heavy atom. The van der Waals surface area contributed by atoms with Gasteiger partial charge in [-0.2, -0.15) is 0 Å². The smallest absolute Gasteiger partial charge is 0.255 e. The minimum Gasteiger partial charge on any atom is -0.457 e. The van der Waals surface area contributed by atoms with Crippen LogP contribution in [-0.2, 0) is 6.54 Å². The lowest BCUT2D eigenvalue weighted by Gasteiger charge is -2.10. The highest BCUT2D eigenvalue weighted by atomic mass is 32.1. The molecule has 8 heteroatoms. The molecule has 1 amide bonds. The SMILES string of the molecule is Nc1ccc(-c2cccs2)cc1NC(=O)c1cccc(-c2cn(Cc3ccc(Oc4ccccc4)cc3)nn2)c1. The van der Waals surface area contributed by atoms with Crippen molar-refractivity contribution in [1.82, 2.24) is 15.0 Å². The highest BCUT2D eigenvalue weighted by molar-refractivity contribution is 7.13. The minimum atomic E-state index is -0.248. The molecule has 0 atom stereocenters. The third kappa shape index (κ3) is 5.77. The van der Waals surface area contributed by atoms with Gasteiger partial charge >= 0.3 is 0 Å². The summed E-state index contributed by atoms with van der Waals surface area (Å²) < 4.78 is 7.64. The van der Waals surface area contributed by atoms with E-state index in [1.165, 1.54) is 0 Å². The maximum Gasteiger partial charge on any atom is 0.255 e. The van der Waals surface area contributed by atoms with E-state index in [1.54, 1.807) is 28.2 Å². The summed E-state index contributed by atoms with van der Waals surface area (Å²) in [5, 5.41) is 13.6. The van der Waals surface area contributed by atoms with Crippen LogP contribution in [0.15, 0.2) is 121 Å². The van der Waals surface area contributed by atoms with E-state index in [9.17, 15) is 4.79 Å². The summed E-state index contributed by atoms with van der Waals surface area (Å²) in [4.78, 5) is 14.2. The fraction of sp³-hybridized carbons (Fsp3) is 0.0312. The molecule has 0 aliphatic rings. The molecule has 4 aromatic carbocycles. The van der Waals surface area contributed by atoms with Crippen LogP contribution in [0.1, 0.15) is 15.9 Å². The summed E-state index contributed by atoms with van der Waals surface area (Å²) in [5.74, 6) is 1.31. The molecule has 2 aromatic heterocycles. The zero-order valence-electron chi connectivity index (χ0n) is 21.4. The maximum atomic E-state index is 13.1. The zero-order valence-corrected chi connectivity index (χ0v) is 22.2. The first-order valence-electron chi connectivity index (χ1n) is 12.7. The third-order valence-electron chi connectivity index (χ3n) is 6.31. The molecular weight excluding hydrogens is 518 g/mol. The highest BCUT2D eigenvalue weighted by Crippen LogP contribution is 2.30. The van der Waals surface area contributed by atoms with Gasteiger partial charge in [0, 0.05) is 16.0 Å². The van der Waals surface area contributed by atoms with Gasteiger partial charge < -0.3 is 15.8 Å². The number of hydrogen-bond donors (Lipinski definition) is 2. The number of nitrogens with zero attached hydrogens (tertiary/aromatic N) is 3. The Bertz CT molecular complexity index is 1750. The average molecular weight is 544 g/mol. The lowest BCUT2D eigenvalue weighted by atomic mass is 10.1. The molecule has 40 heavy (non-hydrogen) atoms. The van der Waals surface area contributed by atoms with Crippen LogP contribution in [-0.4, -0.2) is 20.9 Å². The van der Waals surface area contributed by atoms with Gasteiger partial charge in [0.2, 0.25) is 0 Å². The Morgan fingerprint density at radius 3 is 2.48 bits per heavy atom. The van der Waals surface area contributed by atoms with E-state index in [0.29, 0.717) is 29.2 Å². The molecule has 0 saturated carbocycles. The van der Waals surface area contributed by atoms with E-state index in [4.69, 9.17) is 10.5 Å². The van der Waals surface area contributed by atoms with Gasteiger partial charge in [0.25, 0.3) is 5.91 Å². The first kappa shape index (κ1) is 25.1. The number of rotatable bonds is 8. The average Bonchev–Trinajstić information content (AvgIpc) is 3.69. The van der Waals surface area contributed by atoms with Crippen molar-refractivity contribution >= 4 is 28.6 Å². The molecule has 0 unspecified atom stereocenters. The fourth-order valence-electron chi connectivity index (χ4n) is 4.26. The summed E-state index contributed by atoms with van der Waals surface area (Å²) >= 11 is 1.63. The van der Waals surface area contributed by atoms with Gasteiger partial charge in [-0.1, -0.05) is 59.8 Å². The number of thiophene rings is 1. The number of amides is 1. The van der Waals surface area contributed by atoms with Gasteiger partial charge in [0.05, 0.1) is 24.1 Å². The largest absolute Gasteiger partial charge is 0.457 e. The number of benzene rings is 4. The number of nitrogens with two attached hydrogens (primary N) is 1. The summed E-state index contributed by atoms with van der Waals surface area (Å²) in [6.07, 6.45) is 1.87. The second-order valence-electron chi connectivity index (χ2n) is 9.17. The van der Waals surface area contributed by atoms with E-state index in [0.717, 1.165) is 33.1 Å². The van der Waals surface area contributed by atoms with Gasteiger partial charge in [-0.25, -0.2) is 4.68 Å². The topological polar surface area (TPSA) is 95.1 Å². The van der Waals surface area contributed by atoms with Crippen LogP contribution >= 0.6 is 11.3 Å². The van der Waals surface area contributed by atoms with Crippen molar-refractivity contribution in [2.45, 2.75) is 6.54 Å². The fourth-order valence-corrected chi connectivity index (χ4v) is 4.98. The first-order chi connectivity index (χ1) is 19.6. The van der Waals surface area contributed by atoms with Crippen molar-refractivity contribution in [3.63, 3.8) is 0 Å². The Hall–Kier alpha value is -5.21. The van der Waals surface area contributed by atoms with Crippen LogP contribution in [0.2, 0.25) is 0 Å². The minimum absolute atomic E-state index is 0.248. The van der Waals surface area contributed by atoms with Crippen molar-refractivity contribution in [1.29, 1.82) is 0 Å². The van der Waals surface area contributed by atoms with Crippen LogP contribution in [0.3, 0.4) is 0 Å². The Labute approximate surface area is 235 Å². The van der Waals surface area contributed by atoms with E-state index in [1.807, 2.05) is 109 Å². The Kier molecular flexibility index (Phi) is 7.07. The van der Waals surface area contributed by atoms with Crippen molar-refractivity contribution < 1.29 is 9.53 Å². The number of hydrogen-bond acceptors (Lipinski definition) is 6. The summed E-state index contributed by atoms with van der Waals surface area (Å²) in [6.45, 7) is 0.554. The van der Waals surface area contributed by atoms with E-state index >= 15 is 0 Å². The third-order valence-corrected chi connectivity index (χ3v) is 7.23. The Morgan fingerprint density at radius 2 is 1.68 bits per heavy atom. The molecule has 0 spiro atoms. The summed E-state index contributed by atoms with van der Waals surface area (Å²) in [6, 6.07) is 34.6. The van der Waals surface area contributed by atoms with Gasteiger partial charge in [-0.3, -0.25) is 4.79 Å². The normalized spacial score (nSPS) is 10.8. The monoisotopic (exact) mass is 543 g/mol. The number of para-hydroxylation sites is 1. The van der Waals surface area contributed by atoms with Crippen LogP contribution in [0.5, 0.6) is 11.5 Å². The van der Waals surface area contributed by atoms with Gasteiger partial charge in [-0.05, 0) is 71.1 Å². The number of aromatic nitrogens is 3. The van der Waals surface area contributed by atoms with Crippen molar-refractivity contribution in [2.75, 3.05) is 11.1 Å². The molecule has 3 N–H and O–H groups in total. The first-order valence-corrected chi connectivity index (χ1v) is 13.6. The van der Waals surface area contributed by atoms with Gasteiger partial charge in [0.15, 0.2) is 0 Å². The number of anilines is 2. The summed E-state index contributed by atoms with van der Waals surface area (Å²) in [7, 11) is 0. The van der Waals surface area contributed by atoms with E-state index in [-0.39, 0.29) is 5.91 Å². The highest BCUT2D eigenvalue weighted by Gasteiger charge is 2.13. The second kappa shape index (κ2) is 11.3. The van der Waals surface area contributed by atoms with E-state index < -0.39 is 0 Å². The van der Waals surface area contributed by atoms with Gasteiger partial charge in [0.1, 0.15) is 17.2 Å². The summed E-state index contributed by atoms with van der Waals surface area (Å²) in [5.41, 5.74) is 11.3. The molecule has 0 aliphatic carbocycles. The number of ether oxygens (including phenoxy) is 1. The van der Waals surface area contributed by atoms with Gasteiger partial charge in [-0.15, -0.1) is 16.4 Å². The quantitative estimate of drug-likeness (QED) is 0.196. The molecule has 6 rings (SSSR count). The predicted octanol–water partition coefficient (Wildman–Crippen LogP) is 7.35. The maximum absolute atomic E-state index is 13.1. The second-order valence-corrected chi connectivity index (χ2v) is 10.1. The lowest BCUT2D eigenvalue weighted by Crippen LogP contribution is -2.13. The molecule has 0 bridgehead atoms. The molecule has 0 radical (unpaired) electrons. The number of carbonyl (C=O) groups is 1. The van der Waals surface area contributed by atoms with Crippen molar-refractivity contribution in [3.05, 3.63) is 132 Å². The molecule has 196 valence electrons. The van der Waals surface area contributed by atoms with Crippen LogP contribution < -0.4 is 15.8 Å². The lowest BCUT2D eigenvalue weighted by molar-refractivity contribution is 0.102. The molecule has 2 heterocycles. The molecule has 7 nitrogen and oxygen atoms in total. The zero-order chi connectivity index (χ0) is 27.3. The molecule has 0 fully saturated rings. The van der Waals surface area contributed by atoms with Crippen LogP contribution in [0, 0.1) is 0 Å². The molecule has 0 saturated heterocycles. The molecule has 6 aromatic rings. The number of carbonyl (C=O) groups excluding carboxylic acids is 1. The number of nitrogens with one attached hydrogen (secondary N) is 1. The molecular formula is C32H25N5O2S.